The SMILES string of the molecule is CNc1cc(F)cc2c1Cc1nc(Sc3cnc4ccc[n+](C)c4c3)nc(N3CCC4(CC4N)C3)c1-2. The summed E-state index contributed by atoms with van der Waals surface area (Å²) < 4.78 is 16.7. The Morgan fingerprint density at radius 1 is 1.28 bits per heavy atom. The van der Waals surface area contributed by atoms with E-state index in [4.69, 9.17) is 15.7 Å². The highest BCUT2D eigenvalue weighted by molar-refractivity contribution is 7.99. The molecule has 1 aliphatic heterocycles. The Hall–Kier alpha value is -3.30. The number of fused-ring (bicyclic) bond motifs is 4. The lowest BCUT2D eigenvalue weighted by Crippen LogP contribution is -2.28. The molecule has 2 unspecified atom stereocenters. The molecule has 4 aromatic rings. The minimum atomic E-state index is -0.257. The molecule has 3 aromatic heterocycles. The van der Waals surface area contributed by atoms with Crippen LogP contribution < -0.4 is 20.5 Å². The summed E-state index contributed by atoms with van der Waals surface area (Å²) in [5.74, 6) is 0.636. The molecule has 1 saturated heterocycles. The van der Waals surface area contributed by atoms with E-state index in [1.165, 1.54) is 11.8 Å². The molecular formula is C27H27FN7S+. The van der Waals surface area contributed by atoms with Crippen molar-refractivity contribution in [3.63, 3.8) is 0 Å². The van der Waals surface area contributed by atoms with Crippen molar-refractivity contribution in [2.24, 2.45) is 18.2 Å². The molecule has 9 heteroatoms. The fourth-order valence-corrected chi connectivity index (χ4v) is 6.65. The highest BCUT2D eigenvalue weighted by Gasteiger charge is 2.56. The van der Waals surface area contributed by atoms with E-state index in [0.29, 0.717) is 11.6 Å². The highest BCUT2D eigenvalue weighted by Crippen LogP contribution is 2.54. The highest BCUT2D eigenvalue weighted by atomic mass is 32.2. The summed E-state index contributed by atoms with van der Waals surface area (Å²) in [7, 11) is 3.85. The Labute approximate surface area is 213 Å². The van der Waals surface area contributed by atoms with Crippen LogP contribution in [0.25, 0.3) is 22.2 Å². The summed E-state index contributed by atoms with van der Waals surface area (Å²) in [6.45, 7) is 1.79. The summed E-state index contributed by atoms with van der Waals surface area (Å²) in [6.07, 6.45) is 6.67. The van der Waals surface area contributed by atoms with Gasteiger partial charge in [-0.1, -0.05) is 0 Å². The van der Waals surface area contributed by atoms with Gasteiger partial charge >= 0.3 is 0 Å². The molecule has 0 radical (unpaired) electrons. The van der Waals surface area contributed by atoms with Crippen LogP contribution in [-0.4, -0.2) is 41.1 Å². The van der Waals surface area contributed by atoms with Gasteiger partial charge in [0, 0.05) is 72.5 Å². The number of aryl methyl sites for hydroxylation is 1. The van der Waals surface area contributed by atoms with Crippen molar-refractivity contribution in [2.45, 2.75) is 35.4 Å². The van der Waals surface area contributed by atoms with Gasteiger partial charge < -0.3 is 16.0 Å². The third kappa shape index (κ3) is 3.37. The zero-order valence-corrected chi connectivity index (χ0v) is 21.1. The van der Waals surface area contributed by atoms with Crippen molar-refractivity contribution >= 4 is 34.3 Å². The number of nitrogens with one attached hydrogen (secondary N) is 1. The van der Waals surface area contributed by atoms with Crippen molar-refractivity contribution in [3.05, 3.63) is 59.8 Å². The second-order valence-corrected chi connectivity index (χ2v) is 11.2. The van der Waals surface area contributed by atoms with E-state index in [1.807, 2.05) is 38.6 Å². The molecule has 7 rings (SSSR count). The van der Waals surface area contributed by atoms with Gasteiger partial charge in [-0.2, -0.15) is 4.57 Å². The Morgan fingerprint density at radius 3 is 2.92 bits per heavy atom. The zero-order chi connectivity index (χ0) is 24.6. The lowest BCUT2D eigenvalue weighted by Gasteiger charge is -2.22. The number of pyridine rings is 2. The molecule has 4 heterocycles. The average Bonchev–Trinajstić information content (AvgIpc) is 3.17. The number of nitrogens with zero attached hydrogens (tertiary/aromatic N) is 5. The molecule has 3 N–H and O–H groups in total. The first-order valence-electron chi connectivity index (χ1n) is 12.3. The monoisotopic (exact) mass is 500 g/mol. The first-order chi connectivity index (χ1) is 17.4. The van der Waals surface area contributed by atoms with Gasteiger partial charge in [0.2, 0.25) is 5.52 Å². The van der Waals surface area contributed by atoms with E-state index < -0.39 is 0 Å². The Balaban J connectivity index is 1.34. The fourth-order valence-electron chi connectivity index (χ4n) is 5.88. The van der Waals surface area contributed by atoms with Crippen LogP contribution in [0.3, 0.4) is 0 Å². The molecule has 1 saturated carbocycles. The van der Waals surface area contributed by atoms with Gasteiger partial charge in [-0.05, 0) is 53.9 Å². The normalized spacial score (nSPS) is 21.8. The Kier molecular flexibility index (Phi) is 4.78. The summed E-state index contributed by atoms with van der Waals surface area (Å²) in [6, 6.07) is 9.57. The van der Waals surface area contributed by atoms with E-state index in [-0.39, 0.29) is 17.3 Å². The van der Waals surface area contributed by atoms with Gasteiger partial charge in [0.25, 0.3) is 0 Å². The van der Waals surface area contributed by atoms with Gasteiger partial charge in [-0.25, -0.2) is 19.3 Å². The Morgan fingerprint density at radius 2 is 2.14 bits per heavy atom. The molecule has 2 atom stereocenters. The van der Waals surface area contributed by atoms with Crippen LogP contribution in [0.15, 0.2) is 52.8 Å². The molecule has 7 nitrogen and oxygen atoms in total. The molecule has 0 amide bonds. The molecule has 2 aliphatic carbocycles. The third-order valence-corrected chi connectivity index (χ3v) is 8.83. The van der Waals surface area contributed by atoms with Gasteiger partial charge in [-0.15, -0.1) is 0 Å². The van der Waals surface area contributed by atoms with Crippen LogP contribution in [-0.2, 0) is 13.5 Å². The first kappa shape index (κ1) is 21.9. The maximum atomic E-state index is 14.6. The number of hydrogen-bond acceptors (Lipinski definition) is 7. The minimum Gasteiger partial charge on any atom is -0.388 e. The predicted molar refractivity (Wildman–Crippen MR) is 139 cm³/mol. The lowest BCUT2D eigenvalue weighted by atomic mass is 10.0. The van der Waals surface area contributed by atoms with Crippen molar-refractivity contribution in [1.82, 2.24) is 15.0 Å². The van der Waals surface area contributed by atoms with E-state index in [0.717, 1.165) is 75.7 Å². The van der Waals surface area contributed by atoms with Gasteiger partial charge in [0.05, 0.1) is 5.69 Å². The van der Waals surface area contributed by atoms with Crippen LogP contribution in [0.2, 0.25) is 0 Å². The largest absolute Gasteiger partial charge is 0.388 e. The zero-order valence-electron chi connectivity index (χ0n) is 20.3. The molecule has 1 aromatic carbocycles. The number of anilines is 2. The number of hydrogen-bond donors (Lipinski definition) is 2. The molecule has 3 aliphatic rings. The average molecular weight is 501 g/mol. The Bertz CT molecular complexity index is 1560. The third-order valence-electron chi connectivity index (χ3n) is 8.00. The lowest BCUT2D eigenvalue weighted by molar-refractivity contribution is -0.645. The molecular weight excluding hydrogens is 473 g/mol. The number of rotatable bonds is 4. The summed E-state index contributed by atoms with van der Waals surface area (Å²) in [4.78, 5) is 18.0. The van der Waals surface area contributed by atoms with Crippen molar-refractivity contribution in [2.75, 3.05) is 30.4 Å². The van der Waals surface area contributed by atoms with Gasteiger partial charge in [-0.3, -0.25) is 0 Å². The summed E-state index contributed by atoms with van der Waals surface area (Å²) in [5, 5.41) is 3.85. The quantitative estimate of drug-likeness (QED) is 0.288. The molecule has 182 valence electrons. The topological polar surface area (TPSA) is 83.8 Å². The van der Waals surface area contributed by atoms with Gasteiger partial charge in [0.15, 0.2) is 11.4 Å². The van der Waals surface area contributed by atoms with Crippen LogP contribution in [0, 0.1) is 11.2 Å². The smallest absolute Gasteiger partial charge is 0.232 e. The molecule has 36 heavy (non-hydrogen) atoms. The van der Waals surface area contributed by atoms with Crippen LogP contribution in [0.1, 0.15) is 24.1 Å². The van der Waals surface area contributed by atoms with E-state index in [9.17, 15) is 4.39 Å². The molecule has 0 bridgehead atoms. The van der Waals surface area contributed by atoms with E-state index in [1.54, 1.807) is 12.1 Å². The number of halogens is 1. The summed E-state index contributed by atoms with van der Waals surface area (Å²) in [5.41, 5.74) is 13.2. The van der Waals surface area contributed by atoms with Crippen LogP contribution >= 0.6 is 11.8 Å². The maximum Gasteiger partial charge on any atom is 0.232 e. The van der Waals surface area contributed by atoms with Crippen molar-refractivity contribution < 1.29 is 8.96 Å². The van der Waals surface area contributed by atoms with Crippen LogP contribution in [0.5, 0.6) is 0 Å². The number of aromatic nitrogens is 4. The van der Waals surface area contributed by atoms with Crippen molar-refractivity contribution in [1.29, 1.82) is 0 Å². The number of nitrogens with two attached hydrogens (primary N) is 1. The first-order valence-corrected chi connectivity index (χ1v) is 13.1. The molecule has 2 fully saturated rings. The van der Waals surface area contributed by atoms with Gasteiger partial charge in [0.1, 0.15) is 24.2 Å². The van der Waals surface area contributed by atoms with Crippen LogP contribution in [0.4, 0.5) is 15.9 Å². The standard InChI is InChI=1S/C27H27FN7S/c1-30-20-9-15(28)8-18-17(20)11-21-24(18)25(35-7-5-27(14-35)12-23(27)29)33-26(32-21)36-16-10-22-19(31-13-16)4-3-6-34(22)2/h3-4,6,8-10,13,23,30H,5,7,11-12,14,29H2,1-2H3/q+1. The second-order valence-electron chi connectivity index (χ2n) is 10.2. The molecule has 1 spiro atoms. The fraction of sp³-hybridized carbons (Fsp3) is 0.333. The number of benzene rings is 1. The van der Waals surface area contributed by atoms with E-state index in [2.05, 4.69) is 25.8 Å². The maximum absolute atomic E-state index is 14.6. The summed E-state index contributed by atoms with van der Waals surface area (Å²) >= 11 is 1.52. The van der Waals surface area contributed by atoms with Crippen molar-refractivity contribution in [3.8, 4) is 11.1 Å². The predicted octanol–water partition coefficient (Wildman–Crippen LogP) is 3.68. The minimum absolute atomic E-state index is 0.196. The second kappa shape index (κ2) is 7.85. The van der Waals surface area contributed by atoms with E-state index >= 15 is 0 Å².